The summed E-state index contributed by atoms with van der Waals surface area (Å²) in [6.45, 7) is 6.54. The lowest BCUT2D eigenvalue weighted by Crippen LogP contribution is -2.02. The number of fused-ring (bicyclic) bond motifs is 1. The van der Waals surface area contributed by atoms with Crippen LogP contribution in [-0.2, 0) is 9.47 Å². The molecule has 304 valence electrons. The molecule has 0 amide bonds. The van der Waals surface area contributed by atoms with Crippen LogP contribution in [0.15, 0.2) is 163 Å². The van der Waals surface area contributed by atoms with Crippen LogP contribution in [0.25, 0.3) is 33.0 Å². The summed E-state index contributed by atoms with van der Waals surface area (Å²) >= 11 is 1.93. The van der Waals surface area contributed by atoms with Gasteiger partial charge >= 0.3 is 0 Å². The van der Waals surface area contributed by atoms with Gasteiger partial charge in [0.25, 0.3) is 0 Å². The van der Waals surface area contributed by atoms with Gasteiger partial charge in [0.15, 0.2) is 0 Å². The van der Waals surface area contributed by atoms with Crippen molar-refractivity contribution in [2.75, 3.05) is 37.6 Å². The Morgan fingerprint density at radius 2 is 1.33 bits per heavy atom. The molecule has 1 fully saturated rings. The molecule has 7 aromatic carbocycles. The first kappa shape index (κ1) is 43.2. The Kier molecular flexibility index (Phi) is 16.0. The third-order valence-electron chi connectivity index (χ3n) is 10.2. The minimum atomic E-state index is 0.362. The van der Waals surface area contributed by atoms with Crippen molar-refractivity contribution in [2.45, 2.75) is 37.2 Å². The second-order valence-electron chi connectivity index (χ2n) is 14.6. The highest BCUT2D eigenvalue weighted by atomic mass is 32.2. The van der Waals surface area contributed by atoms with E-state index in [1.807, 2.05) is 91.5 Å². The molecule has 4 nitrogen and oxygen atoms in total. The minimum Gasteiger partial charge on any atom is -0.379 e. The molecule has 1 aliphatic rings. The van der Waals surface area contributed by atoms with Gasteiger partial charge in [0.05, 0.1) is 13.2 Å². The number of anilines is 2. The van der Waals surface area contributed by atoms with Crippen LogP contribution in [0.1, 0.15) is 48.4 Å². The SMILES string of the molecule is CC#Cc1ccc(-c2ccc3cc(C#Cc4ccc(-c5ccc(SCCCCCOCC6CO6)cc5)c(PC)c4)ccc3c2C=N)cc1.c1ccc(Nc2ccccc2)cc1. The van der Waals surface area contributed by atoms with Crippen molar-refractivity contribution in [3.8, 4) is 45.9 Å². The van der Waals surface area contributed by atoms with Crippen molar-refractivity contribution >= 4 is 54.0 Å². The fourth-order valence-electron chi connectivity index (χ4n) is 6.93. The zero-order chi connectivity index (χ0) is 42.1. The summed E-state index contributed by atoms with van der Waals surface area (Å²) in [5.41, 5.74) is 10.8. The van der Waals surface area contributed by atoms with Crippen molar-refractivity contribution in [3.63, 3.8) is 0 Å². The maximum absolute atomic E-state index is 8.19. The lowest BCUT2D eigenvalue weighted by Gasteiger charge is -2.11. The molecule has 1 aliphatic heterocycles. The van der Waals surface area contributed by atoms with Crippen LogP contribution in [0.3, 0.4) is 0 Å². The van der Waals surface area contributed by atoms with E-state index in [1.54, 1.807) is 0 Å². The first-order chi connectivity index (χ1) is 30.1. The monoisotopic (exact) mass is 834 g/mol. The zero-order valence-corrected chi connectivity index (χ0v) is 36.7. The first-order valence-corrected chi connectivity index (χ1v) is 23.3. The third-order valence-corrected chi connectivity index (χ3v) is 12.3. The third kappa shape index (κ3) is 12.8. The van der Waals surface area contributed by atoms with E-state index in [1.165, 1.54) is 40.4 Å². The van der Waals surface area contributed by atoms with Gasteiger partial charge in [0.1, 0.15) is 6.10 Å². The fraction of sp³-hybridized carbons (Fsp3) is 0.182. The molecular weight excluding hydrogens is 784 g/mol. The Labute approximate surface area is 367 Å². The highest BCUT2D eigenvalue weighted by Crippen LogP contribution is 2.31. The smallest absolute Gasteiger partial charge is 0.104 e. The maximum Gasteiger partial charge on any atom is 0.104 e. The maximum atomic E-state index is 8.19. The topological polar surface area (TPSA) is 57.6 Å². The molecule has 1 saturated heterocycles. The van der Waals surface area contributed by atoms with Gasteiger partial charge in [-0.05, 0) is 143 Å². The number of epoxide rings is 1. The van der Waals surface area contributed by atoms with E-state index in [0.29, 0.717) is 14.7 Å². The summed E-state index contributed by atoms with van der Waals surface area (Å²) in [5, 5.41) is 14.9. The molecule has 6 heteroatoms. The lowest BCUT2D eigenvalue weighted by molar-refractivity contribution is 0.113. The largest absolute Gasteiger partial charge is 0.379 e. The average Bonchev–Trinajstić information content (AvgIpc) is 4.15. The predicted octanol–water partition coefficient (Wildman–Crippen LogP) is 13.0. The van der Waals surface area contributed by atoms with E-state index in [9.17, 15) is 0 Å². The molecule has 7 aromatic rings. The average molecular weight is 835 g/mol. The number of thioether (sulfide) groups is 1. The van der Waals surface area contributed by atoms with E-state index in [4.69, 9.17) is 14.9 Å². The van der Waals surface area contributed by atoms with E-state index in [-0.39, 0.29) is 0 Å². The molecule has 2 atom stereocenters. The summed E-state index contributed by atoms with van der Waals surface area (Å²) in [4.78, 5) is 1.32. The van der Waals surface area contributed by atoms with Crippen LogP contribution in [0, 0.1) is 29.1 Å². The summed E-state index contributed by atoms with van der Waals surface area (Å²) in [6.07, 6.45) is 5.34. The Hall–Kier alpha value is -5.91. The highest BCUT2D eigenvalue weighted by molar-refractivity contribution is 7.99. The van der Waals surface area contributed by atoms with Crippen molar-refractivity contribution in [3.05, 3.63) is 180 Å². The number of unbranched alkanes of at least 4 members (excludes halogenated alkanes) is 2. The zero-order valence-electron chi connectivity index (χ0n) is 34.8. The van der Waals surface area contributed by atoms with Gasteiger partial charge in [0, 0.05) is 51.3 Å². The molecule has 8 rings (SSSR count). The van der Waals surface area contributed by atoms with Crippen molar-refractivity contribution in [2.24, 2.45) is 0 Å². The molecule has 0 aliphatic carbocycles. The summed E-state index contributed by atoms with van der Waals surface area (Å²) in [7, 11) is 0.673. The summed E-state index contributed by atoms with van der Waals surface area (Å²) in [5.74, 6) is 14.0. The molecule has 2 N–H and O–H groups in total. The molecule has 0 spiro atoms. The molecular formula is C55H51N2O2PS. The second-order valence-corrected chi connectivity index (χ2v) is 16.8. The van der Waals surface area contributed by atoms with Gasteiger partial charge < -0.3 is 20.2 Å². The quantitative estimate of drug-likeness (QED) is 0.0270. The van der Waals surface area contributed by atoms with Crippen LogP contribution in [0.4, 0.5) is 11.4 Å². The van der Waals surface area contributed by atoms with Crippen LogP contribution in [-0.4, -0.2) is 44.6 Å². The molecule has 61 heavy (non-hydrogen) atoms. The van der Waals surface area contributed by atoms with Crippen molar-refractivity contribution < 1.29 is 9.47 Å². The van der Waals surface area contributed by atoms with E-state index in [2.05, 4.69) is 121 Å². The standard InChI is InChI=1S/C43H40NO2PS.C12H11N/c1-3-7-31-10-14-34(15-11-31)39-23-18-36-26-32(12-21-40(36)42(39)28-44)8-9-33-13-22-41(43(27-33)47-2)35-16-19-38(20-17-35)48-25-6-4-5-24-45-29-37-30-46-37;1-3-7-11(8-4-1)13-12-9-5-2-6-10-12/h10-23,26-28,37,44,47H,4-6,24-25,29-30H2,1-2H3;1-10,13H. The van der Waals surface area contributed by atoms with Gasteiger partial charge in [0.2, 0.25) is 0 Å². The summed E-state index contributed by atoms with van der Waals surface area (Å²) in [6, 6.07) is 54.6. The van der Waals surface area contributed by atoms with Crippen LogP contribution >= 0.6 is 20.3 Å². The number of para-hydroxylation sites is 2. The second kappa shape index (κ2) is 22.6. The van der Waals surface area contributed by atoms with Gasteiger partial charge in [-0.25, -0.2) is 0 Å². The van der Waals surface area contributed by atoms with Gasteiger partial charge in [-0.1, -0.05) is 118 Å². The van der Waals surface area contributed by atoms with Gasteiger partial charge in [-0.3, -0.25) is 0 Å². The van der Waals surface area contributed by atoms with Crippen LogP contribution < -0.4 is 10.6 Å². The van der Waals surface area contributed by atoms with Crippen LogP contribution in [0.2, 0.25) is 0 Å². The number of rotatable bonds is 15. The molecule has 0 bridgehead atoms. The lowest BCUT2D eigenvalue weighted by atomic mass is 9.93. The Morgan fingerprint density at radius 1 is 0.705 bits per heavy atom. The molecule has 0 aromatic heterocycles. The number of hydrogen-bond donors (Lipinski definition) is 2. The minimum absolute atomic E-state index is 0.362. The molecule has 0 radical (unpaired) electrons. The van der Waals surface area contributed by atoms with E-state index in [0.717, 1.165) is 87.5 Å². The first-order valence-electron chi connectivity index (χ1n) is 20.8. The number of nitrogens with one attached hydrogen (secondary N) is 2. The van der Waals surface area contributed by atoms with E-state index < -0.39 is 0 Å². The molecule has 1 heterocycles. The number of hydrogen-bond acceptors (Lipinski definition) is 5. The van der Waals surface area contributed by atoms with Gasteiger partial charge in [-0.15, -0.1) is 17.7 Å². The highest BCUT2D eigenvalue weighted by Gasteiger charge is 2.22. The fourth-order valence-corrected chi connectivity index (χ4v) is 8.64. The van der Waals surface area contributed by atoms with E-state index >= 15 is 0 Å². The Morgan fingerprint density at radius 3 is 1.98 bits per heavy atom. The van der Waals surface area contributed by atoms with Gasteiger partial charge in [-0.2, -0.15) is 0 Å². The Bertz CT molecular complexity index is 2600. The number of ether oxygens (including phenoxy) is 2. The number of benzene rings is 7. The normalized spacial score (nSPS) is 12.7. The summed E-state index contributed by atoms with van der Waals surface area (Å²) < 4.78 is 10.8. The molecule has 2 unspecified atom stereocenters. The molecule has 0 saturated carbocycles. The van der Waals surface area contributed by atoms with Crippen molar-refractivity contribution in [1.29, 1.82) is 5.41 Å². The van der Waals surface area contributed by atoms with Crippen molar-refractivity contribution in [1.82, 2.24) is 0 Å². The Balaban J connectivity index is 0.000000366. The predicted molar refractivity (Wildman–Crippen MR) is 263 cm³/mol. The van der Waals surface area contributed by atoms with Crippen LogP contribution in [0.5, 0.6) is 0 Å².